The third-order valence-electron chi connectivity index (χ3n) is 4.01. The molecule has 108 valence electrons. The standard InChI is InChI=1S/C14H20N4O2/c1-18-4-2-9(3-5-18)8-16-11-7-12-13(6-10(11)15)20-14(19)17-12/h6-7,9,16H,2-5,8,15H2,1H3,(H,17,19). The molecular formula is C14H20N4O2. The quantitative estimate of drug-likeness (QED) is 0.739. The largest absolute Gasteiger partial charge is 0.417 e. The van der Waals surface area contributed by atoms with Gasteiger partial charge in [0.2, 0.25) is 0 Å². The predicted molar refractivity (Wildman–Crippen MR) is 80.0 cm³/mol. The average molecular weight is 276 g/mol. The average Bonchev–Trinajstić information content (AvgIpc) is 2.77. The molecule has 1 fully saturated rings. The fourth-order valence-corrected chi connectivity index (χ4v) is 2.69. The van der Waals surface area contributed by atoms with Gasteiger partial charge in [-0.25, -0.2) is 4.79 Å². The number of nitrogens with zero attached hydrogens (tertiary/aromatic N) is 1. The Hall–Kier alpha value is -1.95. The molecule has 6 heteroatoms. The second kappa shape index (κ2) is 5.20. The van der Waals surface area contributed by atoms with Crippen molar-refractivity contribution in [3.63, 3.8) is 0 Å². The smallest absolute Gasteiger partial charge is 0.408 e. The molecule has 6 nitrogen and oxygen atoms in total. The van der Waals surface area contributed by atoms with Crippen LogP contribution in [0.15, 0.2) is 21.3 Å². The molecule has 1 aromatic carbocycles. The summed E-state index contributed by atoms with van der Waals surface area (Å²) in [5.41, 5.74) is 8.62. The molecule has 0 bridgehead atoms. The highest BCUT2D eigenvalue weighted by Gasteiger charge is 2.16. The minimum Gasteiger partial charge on any atom is -0.408 e. The first kappa shape index (κ1) is 13.1. The number of nitrogens with one attached hydrogen (secondary N) is 2. The van der Waals surface area contributed by atoms with Crippen molar-refractivity contribution in [1.82, 2.24) is 9.88 Å². The Labute approximate surface area is 116 Å². The number of nitrogens with two attached hydrogens (primary N) is 1. The number of oxazole rings is 1. The van der Waals surface area contributed by atoms with E-state index in [1.165, 1.54) is 12.8 Å². The molecule has 0 radical (unpaired) electrons. The first-order chi connectivity index (χ1) is 9.61. The van der Waals surface area contributed by atoms with Crippen LogP contribution in [0.5, 0.6) is 0 Å². The number of aromatic nitrogens is 1. The SMILES string of the molecule is CN1CCC(CNc2cc3[nH]c(=O)oc3cc2N)CC1. The molecule has 1 aliphatic heterocycles. The monoisotopic (exact) mass is 276 g/mol. The number of piperidine rings is 1. The number of likely N-dealkylation sites (tertiary alicyclic amines) is 1. The highest BCUT2D eigenvalue weighted by Crippen LogP contribution is 2.25. The van der Waals surface area contributed by atoms with E-state index in [9.17, 15) is 4.79 Å². The lowest BCUT2D eigenvalue weighted by Gasteiger charge is -2.29. The molecule has 0 atom stereocenters. The lowest BCUT2D eigenvalue weighted by Crippen LogP contribution is -2.33. The first-order valence-corrected chi connectivity index (χ1v) is 6.96. The maximum Gasteiger partial charge on any atom is 0.417 e. The number of aromatic amines is 1. The minimum absolute atomic E-state index is 0.452. The van der Waals surface area contributed by atoms with Gasteiger partial charge in [0.25, 0.3) is 0 Å². The van der Waals surface area contributed by atoms with E-state index in [0.717, 1.165) is 25.3 Å². The Kier molecular flexibility index (Phi) is 3.40. The van der Waals surface area contributed by atoms with Crippen LogP contribution in [0.2, 0.25) is 0 Å². The Bertz CT molecular complexity index is 653. The molecule has 0 unspecified atom stereocenters. The number of hydrogen-bond acceptors (Lipinski definition) is 5. The van der Waals surface area contributed by atoms with E-state index in [1.807, 2.05) is 6.07 Å². The zero-order valence-corrected chi connectivity index (χ0v) is 11.6. The zero-order valence-electron chi connectivity index (χ0n) is 11.6. The molecule has 1 aliphatic rings. The van der Waals surface area contributed by atoms with Gasteiger partial charge in [-0.3, -0.25) is 4.98 Å². The van der Waals surface area contributed by atoms with E-state index in [2.05, 4.69) is 22.2 Å². The summed E-state index contributed by atoms with van der Waals surface area (Å²) >= 11 is 0. The maximum atomic E-state index is 11.2. The summed E-state index contributed by atoms with van der Waals surface area (Å²) in [5, 5.41) is 3.39. The molecular weight excluding hydrogens is 256 g/mol. The van der Waals surface area contributed by atoms with Crippen molar-refractivity contribution in [2.45, 2.75) is 12.8 Å². The predicted octanol–water partition coefficient (Wildman–Crippen LogP) is 1.46. The maximum absolute atomic E-state index is 11.2. The van der Waals surface area contributed by atoms with E-state index >= 15 is 0 Å². The van der Waals surface area contributed by atoms with Crippen molar-refractivity contribution in [1.29, 1.82) is 0 Å². The molecule has 3 rings (SSSR count). The Morgan fingerprint density at radius 2 is 2.20 bits per heavy atom. The van der Waals surface area contributed by atoms with E-state index in [0.29, 0.717) is 22.7 Å². The fraction of sp³-hybridized carbons (Fsp3) is 0.500. The number of hydrogen-bond donors (Lipinski definition) is 3. The third kappa shape index (κ3) is 2.65. The number of benzene rings is 1. The van der Waals surface area contributed by atoms with Crippen molar-refractivity contribution in [2.24, 2.45) is 5.92 Å². The molecule has 2 heterocycles. The summed E-state index contributed by atoms with van der Waals surface area (Å²) in [6, 6.07) is 3.52. The highest BCUT2D eigenvalue weighted by atomic mass is 16.4. The van der Waals surface area contributed by atoms with Gasteiger partial charge < -0.3 is 20.4 Å². The molecule has 1 aromatic heterocycles. The first-order valence-electron chi connectivity index (χ1n) is 6.96. The summed E-state index contributed by atoms with van der Waals surface area (Å²) < 4.78 is 4.99. The Morgan fingerprint density at radius 1 is 1.45 bits per heavy atom. The number of rotatable bonds is 3. The van der Waals surface area contributed by atoms with Crippen molar-refractivity contribution in [3.05, 3.63) is 22.7 Å². The van der Waals surface area contributed by atoms with Gasteiger partial charge >= 0.3 is 5.76 Å². The highest BCUT2D eigenvalue weighted by molar-refractivity contribution is 5.85. The van der Waals surface area contributed by atoms with Crippen LogP contribution in [0, 0.1) is 5.92 Å². The van der Waals surface area contributed by atoms with Crippen LogP contribution in [-0.2, 0) is 0 Å². The molecule has 1 saturated heterocycles. The van der Waals surface area contributed by atoms with Crippen molar-refractivity contribution in [3.8, 4) is 0 Å². The van der Waals surface area contributed by atoms with Crippen LogP contribution < -0.4 is 16.8 Å². The number of fused-ring (bicyclic) bond motifs is 1. The molecule has 4 N–H and O–H groups in total. The van der Waals surface area contributed by atoms with E-state index in [-0.39, 0.29) is 0 Å². The van der Waals surface area contributed by atoms with Gasteiger partial charge in [0.15, 0.2) is 5.58 Å². The van der Waals surface area contributed by atoms with Crippen molar-refractivity contribution in [2.75, 3.05) is 37.7 Å². The molecule has 20 heavy (non-hydrogen) atoms. The normalized spacial score (nSPS) is 17.6. The van der Waals surface area contributed by atoms with Crippen LogP contribution in [0.4, 0.5) is 11.4 Å². The molecule has 0 spiro atoms. The summed E-state index contributed by atoms with van der Waals surface area (Å²) in [6.07, 6.45) is 2.41. The zero-order chi connectivity index (χ0) is 14.1. The minimum atomic E-state index is -0.452. The second-order valence-corrected chi connectivity index (χ2v) is 5.58. The molecule has 0 aliphatic carbocycles. The van der Waals surface area contributed by atoms with Gasteiger partial charge in [-0.05, 0) is 45.0 Å². The number of nitrogen functional groups attached to an aromatic ring is 1. The van der Waals surface area contributed by atoms with Gasteiger partial charge in [-0.15, -0.1) is 0 Å². The fourth-order valence-electron chi connectivity index (χ4n) is 2.69. The number of anilines is 2. The van der Waals surface area contributed by atoms with Gasteiger partial charge in [-0.1, -0.05) is 0 Å². The lowest BCUT2D eigenvalue weighted by atomic mass is 9.97. The van der Waals surface area contributed by atoms with E-state index < -0.39 is 5.76 Å². The van der Waals surface area contributed by atoms with Crippen LogP contribution in [-0.4, -0.2) is 36.6 Å². The Morgan fingerprint density at radius 3 is 2.95 bits per heavy atom. The topological polar surface area (TPSA) is 87.3 Å². The summed E-state index contributed by atoms with van der Waals surface area (Å²) in [7, 11) is 2.16. The van der Waals surface area contributed by atoms with Gasteiger partial charge in [-0.2, -0.15) is 0 Å². The number of H-pyrrole nitrogens is 1. The Balaban J connectivity index is 1.70. The van der Waals surface area contributed by atoms with Crippen LogP contribution >= 0.6 is 0 Å². The van der Waals surface area contributed by atoms with Crippen LogP contribution in [0.25, 0.3) is 11.1 Å². The van der Waals surface area contributed by atoms with E-state index in [1.54, 1.807) is 6.07 Å². The van der Waals surface area contributed by atoms with Gasteiger partial charge in [0, 0.05) is 12.6 Å². The molecule has 2 aromatic rings. The van der Waals surface area contributed by atoms with Gasteiger partial charge in [0.1, 0.15) is 0 Å². The second-order valence-electron chi connectivity index (χ2n) is 5.58. The van der Waals surface area contributed by atoms with Crippen molar-refractivity contribution >= 4 is 22.5 Å². The van der Waals surface area contributed by atoms with Crippen molar-refractivity contribution < 1.29 is 4.42 Å². The summed E-state index contributed by atoms with van der Waals surface area (Å²) in [5.74, 6) is 0.219. The van der Waals surface area contributed by atoms with E-state index in [4.69, 9.17) is 10.2 Å². The summed E-state index contributed by atoms with van der Waals surface area (Å²) in [4.78, 5) is 16.2. The van der Waals surface area contributed by atoms with Crippen LogP contribution in [0.1, 0.15) is 12.8 Å². The van der Waals surface area contributed by atoms with Crippen LogP contribution in [0.3, 0.4) is 0 Å². The van der Waals surface area contributed by atoms with Gasteiger partial charge in [0.05, 0.1) is 16.9 Å². The summed E-state index contributed by atoms with van der Waals surface area (Å²) in [6.45, 7) is 3.21. The lowest BCUT2D eigenvalue weighted by molar-refractivity contribution is 0.226. The molecule has 0 saturated carbocycles. The molecule has 0 amide bonds. The third-order valence-corrected chi connectivity index (χ3v) is 4.01.